The number of carbonyl (C=O) groups excluding carboxylic acids is 1. The lowest BCUT2D eigenvalue weighted by molar-refractivity contribution is 0.0948. The Balaban J connectivity index is 1.54. The molecule has 2 heterocycles. The van der Waals surface area contributed by atoms with Crippen LogP contribution in [-0.4, -0.2) is 35.5 Å². The van der Waals surface area contributed by atoms with Gasteiger partial charge in [0.1, 0.15) is 17.8 Å². The Bertz CT molecular complexity index is 696. The monoisotopic (exact) mass is 352 g/mol. The molecule has 3 rings (SSSR count). The number of hydrogen-bond acceptors (Lipinski definition) is 4. The van der Waals surface area contributed by atoms with E-state index in [1.807, 2.05) is 6.07 Å². The first-order chi connectivity index (χ1) is 12.8. The molecule has 1 aliphatic rings. The van der Waals surface area contributed by atoms with Gasteiger partial charge in [-0.15, -0.1) is 0 Å². The van der Waals surface area contributed by atoms with Crippen LogP contribution in [0.25, 0.3) is 0 Å². The molecule has 1 N–H and O–H groups in total. The third kappa shape index (κ3) is 5.04. The summed E-state index contributed by atoms with van der Waals surface area (Å²) in [7, 11) is 0. The SMILES string of the molecule is CCCCNC(=O)c1cc(N2CCC(Cc3ccccc3)CC2)ncn1. The van der Waals surface area contributed by atoms with Crippen LogP contribution in [0.2, 0.25) is 0 Å². The van der Waals surface area contributed by atoms with Crippen LogP contribution in [0.1, 0.15) is 48.7 Å². The van der Waals surface area contributed by atoms with E-state index >= 15 is 0 Å². The maximum Gasteiger partial charge on any atom is 0.270 e. The van der Waals surface area contributed by atoms with Crippen molar-refractivity contribution >= 4 is 11.7 Å². The van der Waals surface area contributed by atoms with Crippen LogP contribution in [0.3, 0.4) is 0 Å². The summed E-state index contributed by atoms with van der Waals surface area (Å²) in [6, 6.07) is 12.5. The molecule has 2 aromatic rings. The van der Waals surface area contributed by atoms with E-state index in [4.69, 9.17) is 0 Å². The average Bonchev–Trinajstić information content (AvgIpc) is 2.69. The molecule has 138 valence electrons. The van der Waals surface area contributed by atoms with Crippen molar-refractivity contribution in [2.75, 3.05) is 24.5 Å². The summed E-state index contributed by atoms with van der Waals surface area (Å²) in [5, 5.41) is 2.92. The second-order valence-electron chi connectivity index (χ2n) is 6.99. The van der Waals surface area contributed by atoms with E-state index in [9.17, 15) is 4.79 Å². The van der Waals surface area contributed by atoms with Crippen LogP contribution in [0.4, 0.5) is 5.82 Å². The number of unbranched alkanes of at least 4 members (excludes halogenated alkanes) is 1. The maximum atomic E-state index is 12.2. The Morgan fingerprint density at radius 3 is 2.69 bits per heavy atom. The molecular weight excluding hydrogens is 324 g/mol. The van der Waals surface area contributed by atoms with Crippen LogP contribution in [0.15, 0.2) is 42.7 Å². The minimum absolute atomic E-state index is 0.110. The second kappa shape index (κ2) is 9.32. The van der Waals surface area contributed by atoms with Crippen molar-refractivity contribution in [3.05, 3.63) is 54.0 Å². The van der Waals surface area contributed by atoms with Crippen LogP contribution < -0.4 is 10.2 Å². The van der Waals surface area contributed by atoms with Gasteiger partial charge in [-0.2, -0.15) is 0 Å². The van der Waals surface area contributed by atoms with E-state index in [-0.39, 0.29) is 5.91 Å². The van der Waals surface area contributed by atoms with Gasteiger partial charge in [-0.3, -0.25) is 4.79 Å². The molecule has 0 saturated carbocycles. The van der Waals surface area contributed by atoms with Crippen molar-refractivity contribution in [2.24, 2.45) is 5.92 Å². The lowest BCUT2D eigenvalue weighted by Gasteiger charge is -2.33. The fourth-order valence-electron chi connectivity index (χ4n) is 3.43. The smallest absolute Gasteiger partial charge is 0.270 e. The molecule has 0 radical (unpaired) electrons. The molecule has 1 aliphatic heterocycles. The summed E-state index contributed by atoms with van der Waals surface area (Å²) in [6.45, 7) is 4.76. The summed E-state index contributed by atoms with van der Waals surface area (Å²) in [5.41, 5.74) is 1.87. The van der Waals surface area contributed by atoms with Gasteiger partial charge < -0.3 is 10.2 Å². The number of rotatable bonds is 7. The predicted molar refractivity (Wildman–Crippen MR) is 104 cm³/mol. The summed E-state index contributed by atoms with van der Waals surface area (Å²) in [4.78, 5) is 23.0. The number of amides is 1. The zero-order chi connectivity index (χ0) is 18.2. The number of carbonyl (C=O) groups is 1. The molecule has 0 bridgehead atoms. The topological polar surface area (TPSA) is 58.1 Å². The molecule has 1 saturated heterocycles. The highest BCUT2D eigenvalue weighted by molar-refractivity contribution is 5.92. The molecule has 1 aromatic carbocycles. The average molecular weight is 352 g/mol. The zero-order valence-corrected chi connectivity index (χ0v) is 15.5. The minimum atomic E-state index is -0.110. The highest BCUT2D eigenvalue weighted by atomic mass is 16.1. The van der Waals surface area contributed by atoms with Crippen molar-refractivity contribution in [3.63, 3.8) is 0 Å². The number of nitrogens with one attached hydrogen (secondary N) is 1. The maximum absolute atomic E-state index is 12.2. The van der Waals surface area contributed by atoms with E-state index in [1.165, 1.54) is 11.9 Å². The zero-order valence-electron chi connectivity index (χ0n) is 15.5. The van der Waals surface area contributed by atoms with Gasteiger partial charge in [-0.1, -0.05) is 43.7 Å². The molecule has 0 aliphatic carbocycles. The molecule has 0 atom stereocenters. The fourth-order valence-corrected chi connectivity index (χ4v) is 3.43. The standard InChI is InChI=1S/C21H28N4O/c1-2-3-11-22-21(26)19-15-20(24-16-23-19)25-12-9-18(10-13-25)14-17-7-5-4-6-8-17/h4-8,15-16,18H,2-3,9-14H2,1H3,(H,22,26). The fraction of sp³-hybridized carbons (Fsp3) is 0.476. The van der Waals surface area contributed by atoms with E-state index in [2.05, 4.69) is 57.4 Å². The van der Waals surface area contributed by atoms with Crippen LogP contribution >= 0.6 is 0 Å². The van der Waals surface area contributed by atoms with Crippen LogP contribution in [0.5, 0.6) is 0 Å². The molecule has 5 nitrogen and oxygen atoms in total. The Labute approximate surface area is 155 Å². The third-order valence-electron chi connectivity index (χ3n) is 5.01. The third-order valence-corrected chi connectivity index (χ3v) is 5.01. The van der Waals surface area contributed by atoms with Gasteiger partial charge in [0.05, 0.1) is 0 Å². The van der Waals surface area contributed by atoms with Crippen molar-refractivity contribution in [3.8, 4) is 0 Å². The first-order valence-electron chi connectivity index (χ1n) is 9.65. The first-order valence-corrected chi connectivity index (χ1v) is 9.65. The van der Waals surface area contributed by atoms with E-state index in [1.54, 1.807) is 0 Å². The molecule has 1 aromatic heterocycles. The Morgan fingerprint density at radius 2 is 1.96 bits per heavy atom. The number of piperidine rings is 1. The van der Waals surface area contributed by atoms with E-state index in [0.29, 0.717) is 18.2 Å². The van der Waals surface area contributed by atoms with E-state index in [0.717, 1.165) is 51.0 Å². The molecule has 26 heavy (non-hydrogen) atoms. The Kier molecular flexibility index (Phi) is 6.58. The summed E-state index contributed by atoms with van der Waals surface area (Å²) in [6.07, 6.45) is 6.99. The van der Waals surface area contributed by atoms with Crippen LogP contribution in [0, 0.1) is 5.92 Å². The number of nitrogens with zero attached hydrogens (tertiary/aromatic N) is 3. The number of hydrogen-bond donors (Lipinski definition) is 1. The molecule has 1 fully saturated rings. The number of anilines is 1. The van der Waals surface area contributed by atoms with Gasteiger partial charge in [0.25, 0.3) is 5.91 Å². The first kappa shape index (κ1) is 18.4. The Morgan fingerprint density at radius 1 is 1.19 bits per heavy atom. The summed E-state index contributed by atoms with van der Waals surface area (Å²) >= 11 is 0. The van der Waals surface area contributed by atoms with Crippen molar-refractivity contribution in [1.29, 1.82) is 0 Å². The van der Waals surface area contributed by atoms with Gasteiger partial charge in [-0.05, 0) is 37.2 Å². The second-order valence-corrected chi connectivity index (χ2v) is 6.99. The summed E-state index contributed by atoms with van der Waals surface area (Å²) in [5.74, 6) is 1.46. The van der Waals surface area contributed by atoms with Crippen molar-refractivity contribution in [2.45, 2.75) is 39.0 Å². The van der Waals surface area contributed by atoms with Gasteiger partial charge in [0.15, 0.2) is 0 Å². The van der Waals surface area contributed by atoms with Crippen molar-refractivity contribution in [1.82, 2.24) is 15.3 Å². The summed E-state index contributed by atoms with van der Waals surface area (Å²) < 4.78 is 0. The molecule has 0 spiro atoms. The van der Waals surface area contributed by atoms with Crippen molar-refractivity contribution < 1.29 is 4.79 Å². The highest BCUT2D eigenvalue weighted by Gasteiger charge is 2.21. The van der Waals surface area contributed by atoms with Gasteiger partial charge >= 0.3 is 0 Å². The molecule has 5 heteroatoms. The lowest BCUT2D eigenvalue weighted by Crippen LogP contribution is -2.35. The van der Waals surface area contributed by atoms with Gasteiger partial charge in [0, 0.05) is 25.7 Å². The Hall–Kier alpha value is -2.43. The van der Waals surface area contributed by atoms with E-state index < -0.39 is 0 Å². The van der Waals surface area contributed by atoms with Gasteiger partial charge in [0.2, 0.25) is 0 Å². The highest BCUT2D eigenvalue weighted by Crippen LogP contribution is 2.24. The normalized spacial score (nSPS) is 15.0. The van der Waals surface area contributed by atoms with Gasteiger partial charge in [-0.25, -0.2) is 9.97 Å². The molecule has 1 amide bonds. The largest absolute Gasteiger partial charge is 0.356 e. The molecule has 0 unspecified atom stereocenters. The van der Waals surface area contributed by atoms with Crippen LogP contribution in [-0.2, 0) is 6.42 Å². The number of benzene rings is 1. The number of aromatic nitrogens is 2. The minimum Gasteiger partial charge on any atom is -0.356 e. The molecular formula is C21H28N4O. The predicted octanol–water partition coefficient (Wildman–Crippen LogP) is 3.47. The quantitative estimate of drug-likeness (QED) is 0.775. The lowest BCUT2D eigenvalue weighted by atomic mass is 9.90.